The molecule has 8 nitrogen and oxygen atoms in total. The largest absolute Gasteiger partial charge is 0.494 e. The maximum atomic E-state index is 13.4. The van der Waals surface area contributed by atoms with Crippen LogP contribution in [0.25, 0.3) is 6.08 Å². The van der Waals surface area contributed by atoms with Gasteiger partial charge in [0.15, 0.2) is 0 Å². The molecule has 3 aromatic carbocycles. The second-order valence-electron chi connectivity index (χ2n) is 8.06. The van der Waals surface area contributed by atoms with Crippen LogP contribution in [0.5, 0.6) is 17.2 Å². The number of rotatable bonds is 9. The van der Waals surface area contributed by atoms with E-state index in [1.165, 1.54) is 24.3 Å². The Kier molecular flexibility index (Phi) is 8.42. The summed E-state index contributed by atoms with van der Waals surface area (Å²) in [5, 5.41) is 2.22. The Labute approximate surface area is 227 Å². The van der Waals surface area contributed by atoms with Crippen molar-refractivity contribution in [3.8, 4) is 17.2 Å². The van der Waals surface area contributed by atoms with Crippen LogP contribution in [0.3, 0.4) is 0 Å². The van der Waals surface area contributed by atoms with E-state index in [0.717, 1.165) is 10.5 Å². The quantitative estimate of drug-likeness (QED) is 0.259. The van der Waals surface area contributed by atoms with Gasteiger partial charge in [-0.15, -0.1) is 0 Å². The van der Waals surface area contributed by atoms with Gasteiger partial charge < -0.3 is 14.2 Å². The minimum absolute atomic E-state index is 0.157. The molecule has 0 unspecified atom stereocenters. The van der Waals surface area contributed by atoms with E-state index in [4.69, 9.17) is 14.2 Å². The van der Waals surface area contributed by atoms with Crippen LogP contribution in [-0.4, -0.2) is 31.1 Å². The standard InChI is InChI=1S/C28H24BrFN2O6/c1-3-36-20-10-12-25(37-4-2)23(15-20)32-27(34)21(26(33)31-28(32)35)13-18-7-11-24(22(29)14-18)38-16-17-5-8-19(30)9-6-17/h5-15H,3-4,16H2,1-2H3,(H,31,33,35)/b21-13+. The van der Waals surface area contributed by atoms with E-state index < -0.39 is 17.8 Å². The Balaban J connectivity index is 1.60. The molecule has 1 aliphatic heterocycles. The fourth-order valence-corrected chi connectivity index (χ4v) is 4.23. The number of halogens is 2. The van der Waals surface area contributed by atoms with E-state index in [-0.39, 0.29) is 23.7 Å². The van der Waals surface area contributed by atoms with Crippen LogP contribution in [0.1, 0.15) is 25.0 Å². The van der Waals surface area contributed by atoms with Crippen molar-refractivity contribution >= 4 is 45.5 Å². The van der Waals surface area contributed by atoms with Gasteiger partial charge in [0.2, 0.25) is 0 Å². The summed E-state index contributed by atoms with van der Waals surface area (Å²) in [7, 11) is 0. The molecule has 38 heavy (non-hydrogen) atoms. The average Bonchev–Trinajstić information content (AvgIpc) is 2.88. The first-order valence-electron chi connectivity index (χ1n) is 11.8. The second-order valence-corrected chi connectivity index (χ2v) is 8.91. The van der Waals surface area contributed by atoms with E-state index >= 15 is 0 Å². The highest BCUT2D eigenvalue weighted by Gasteiger charge is 2.38. The van der Waals surface area contributed by atoms with Crippen LogP contribution in [0, 0.1) is 5.82 Å². The number of hydrogen-bond donors (Lipinski definition) is 1. The van der Waals surface area contributed by atoms with E-state index in [2.05, 4.69) is 21.2 Å². The van der Waals surface area contributed by atoms with E-state index in [9.17, 15) is 18.8 Å². The summed E-state index contributed by atoms with van der Waals surface area (Å²) < 4.78 is 30.6. The third-order valence-electron chi connectivity index (χ3n) is 5.46. The molecule has 1 heterocycles. The van der Waals surface area contributed by atoms with Gasteiger partial charge >= 0.3 is 6.03 Å². The lowest BCUT2D eigenvalue weighted by atomic mass is 10.1. The number of hydrogen-bond acceptors (Lipinski definition) is 6. The molecule has 4 rings (SSSR count). The summed E-state index contributed by atoms with van der Waals surface area (Å²) in [5.41, 5.74) is 1.23. The van der Waals surface area contributed by atoms with Crippen molar-refractivity contribution < 1.29 is 33.0 Å². The van der Waals surface area contributed by atoms with E-state index in [1.54, 1.807) is 49.4 Å². The normalized spacial score (nSPS) is 14.5. The number of benzene rings is 3. The highest BCUT2D eigenvalue weighted by atomic mass is 79.9. The molecule has 4 amide bonds. The van der Waals surface area contributed by atoms with Crippen molar-refractivity contribution in [1.29, 1.82) is 0 Å². The number of anilines is 1. The average molecular weight is 583 g/mol. The lowest BCUT2D eigenvalue weighted by Crippen LogP contribution is -2.54. The predicted molar refractivity (Wildman–Crippen MR) is 143 cm³/mol. The van der Waals surface area contributed by atoms with Crippen molar-refractivity contribution in [1.82, 2.24) is 5.32 Å². The number of imide groups is 2. The number of urea groups is 1. The first-order chi connectivity index (χ1) is 18.3. The molecule has 1 N–H and O–H groups in total. The maximum absolute atomic E-state index is 13.4. The lowest BCUT2D eigenvalue weighted by Gasteiger charge is -2.28. The minimum atomic E-state index is -0.891. The molecule has 0 spiro atoms. The van der Waals surface area contributed by atoms with Crippen molar-refractivity contribution in [2.24, 2.45) is 0 Å². The van der Waals surface area contributed by atoms with Crippen LogP contribution in [0.2, 0.25) is 0 Å². The minimum Gasteiger partial charge on any atom is -0.494 e. The highest BCUT2D eigenvalue weighted by molar-refractivity contribution is 9.10. The van der Waals surface area contributed by atoms with Crippen molar-refractivity contribution in [3.05, 3.63) is 87.7 Å². The van der Waals surface area contributed by atoms with Crippen LogP contribution >= 0.6 is 15.9 Å². The molecule has 1 fully saturated rings. The van der Waals surface area contributed by atoms with Gasteiger partial charge in [-0.25, -0.2) is 14.1 Å². The van der Waals surface area contributed by atoms with Crippen LogP contribution in [0.15, 0.2) is 70.7 Å². The first kappa shape index (κ1) is 26.9. The Bertz CT molecular complexity index is 1410. The van der Waals surface area contributed by atoms with Crippen LogP contribution in [-0.2, 0) is 16.2 Å². The number of nitrogens with zero attached hydrogens (tertiary/aromatic N) is 1. The molecule has 10 heteroatoms. The van der Waals surface area contributed by atoms with Gasteiger partial charge in [-0.1, -0.05) is 18.2 Å². The summed E-state index contributed by atoms with van der Waals surface area (Å²) in [6, 6.07) is 14.9. The zero-order valence-corrected chi connectivity index (χ0v) is 22.2. The molecule has 0 radical (unpaired) electrons. The number of barbiturate groups is 1. The summed E-state index contributed by atoms with van der Waals surface area (Å²) in [6.07, 6.45) is 1.39. The fraction of sp³-hybridized carbons (Fsp3) is 0.179. The third kappa shape index (κ3) is 6.03. The molecule has 0 aliphatic carbocycles. The van der Waals surface area contributed by atoms with Gasteiger partial charge in [0.05, 0.1) is 23.4 Å². The third-order valence-corrected chi connectivity index (χ3v) is 6.08. The van der Waals surface area contributed by atoms with Gasteiger partial charge in [0.25, 0.3) is 11.8 Å². The Morgan fingerprint density at radius 1 is 0.895 bits per heavy atom. The molecular weight excluding hydrogens is 559 g/mol. The summed E-state index contributed by atoms with van der Waals surface area (Å²) in [4.78, 5) is 39.7. The SMILES string of the molecule is CCOc1ccc(OCC)c(N2C(=O)NC(=O)/C(=C\c3ccc(OCc4ccc(F)cc4)c(Br)c3)C2=O)c1. The predicted octanol–water partition coefficient (Wildman–Crippen LogP) is 5.63. The lowest BCUT2D eigenvalue weighted by molar-refractivity contribution is -0.122. The van der Waals surface area contributed by atoms with Gasteiger partial charge in [0, 0.05) is 6.07 Å². The van der Waals surface area contributed by atoms with Gasteiger partial charge in [-0.2, -0.15) is 0 Å². The molecule has 1 saturated heterocycles. The monoisotopic (exact) mass is 582 g/mol. The smallest absolute Gasteiger partial charge is 0.336 e. The van der Waals surface area contributed by atoms with Crippen molar-refractivity contribution in [2.75, 3.05) is 18.1 Å². The number of ether oxygens (including phenoxy) is 3. The fourth-order valence-electron chi connectivity index (χ4n) is 3.71. The van der Waals surface area contributed by atoms with Gasteiger partial charge in [-0.05, 0) is 83.4 Å². The highest BCUT2D eigenvalue weighted by Crippen LogP contribution is 2.35. The number of nitrogens with one attached hydrogen (secondary N) is 1. The molecule has 0 atom stereocenters. The molecular formula is C28H24BrFN2O6. The molecule has 196 valence electrons. The Morgan fingerprint density at radius 3 is 2.29 bits per heavy atom. The Hall–Kier alpha value is -4.18. The van der Waals surface area contributed by atoms with Gasteiger partial charge in [0.1, 0.15) is 35.2 Å². The Morgan fingerprint density at radius 2 is 1.61 bits per heavy atom. The number of amides is 4. The van der Waals surface area contributed by atoms with Crippen LogP contribution in [0.4, 0.5) is 14.9 Å². The molecule has 1 aliphatic rings. The molecule has 0 aromatic heterocycles. The number of carbonyl (C=O) groups excluding carboxylic acids is 3. The summed E-state index contributed by atoms with van der Waals surface area (Å²) in [6.45, 7) is 4.50. The summed E-state index contributed by atoms with van der Waals surface area (Å²) in [5.74, 6) is -0.705. The number of carbonyl (C=O) groups is 3. The van der Waals surface area contributed by atoms with E-state index in [1.807, 2.05) is 6.92 Å². The van der Waals surface area contributed by atoms with E-state index in [0.29, 0.717) is 40.5 Å². The maximum Gasteiger partial charge on any atom is 0.336 e. The first-order valence-corrected chi connectivity index (χ1v) is 12.6. The van der Waals surface area contributed by atoms with Crippen molar-refractivity contribution in [2.45, 2.75) is 20.5 Å². The van der Waals surface area contributed by atoms with Crippen LogP contribution < -0.4 is 24.4 Å². The molecule has 0 saturated carbocycles. The topological polar surface area (TPSA) is 94.2 Å². The zero-order chi connectivity index (χ0) is 27.2. The zero-order valence-electron chi connectivity index (χ0n) is 20.6. The van der Waals surface area contributed by atoms with Gasteiger partial charge in [-0.3, -0.25) is 14.9 Å². The second kappa shape index (κ2) is 11.9. The molecule has 3 aromatic rings. The summed E-state index contributed by atoms with van der Waals surface area (Å²) >= 11 is 3.44. The molecule has 0 bridgehead atoms. The van der Waals surface area contributed by atoms with Crippen molar-refractivity contribution in [3.63, 3.8) is 0 Å².